The minimum Gasteiger partial charge on any atom is -0.378 e. The molecule has 1 N–H and O–H groups in total. The summed E-state index contributed by atoms with van der Waals surface area (Å²) < 4.78 is 60.2. The van der Waals surface area contributed by atoms with Gasteiger partial charge in [0.2, 0.25) is 5.43 Å². The summed E-state index contributed by atoms with van der Waals surface area (Å²) in [6, 6.07) is 7.62. The molecule has 3 aromatic rings. The molecule has 0 saturated carbocycles. The lowest BCUT2D eigenvalue weighted by Gasteiger charge is -2.36. The van der Waals surface area contributed by atoms with Gasteiger partial charge in [-0.1, -0.05) is 26.0 Å². The molecule has 1 aliphatic heterocycles. The summed E-state index contributed by atoms with van der Waals surface area (Å²) in [5.74, 6) is -0.639. The molecule has 9 heteroatoms. The van der Waals surface area contributed by atoms with Gasteiger partial charge >= 0.3 is 6.18 Å². The number of hydrogen-bond donors (Lipinski definition) is 1. The summed E-state index contributed by atoms with van der Waals surface area (Å²) in [5.41, 5.74) is -0.991. The summed E-state index contributed by atoms with van der Waals surface area (Å²) >= 11 is 0. The molecule has 5 nitrogen and oxygen atoms in total. The van der Waals surface area contributed by atoms with Gasteiger partial charge in [0.15, 0.2) is 0 Å². The van der Waals surface area contributed by atoms with Crippen LogP contribution in [-0.2, 0) is 16.3 Å². The highest BCUT2D eigenvalue weighted by atomic mass is 19.4. The zero-order valence-corrected chi connectivity index (χ0v) is 18.0. The first-order valence-corrected chi connectivity index (χ1v) is 10.3. The van der Waals surface area contributed by atoms with Crippen molar-refractivity contribution in [1.82, 2.24) is 4.98 Å². The molecule has 0 bridgehead atoms. The Morgan fingerprint density at radius 1 is 1.09 bits per heavy atom. The molecule has 4 rings (SSSR count). The van der Waals surface area contributed by atoms with E-state index in [0.717, 1.165) is 18.2 Å². The number of aromatic nitrogens is 1. The van der Waals surface area contributed by atoms with Crippen molar-refractivity contribution in [1.29, 1.82) is 5.26 Å². The first-order chi connectivity index (χ1) is 15.6. The fourth-order valence-electron chi connectivity index (χ4n) is 4.33. The van der Waals surface area contributed by atoms with Gasteiger partial charge in [0.1, 0.15) is 17.4 Å². The molecule has 1 fully saturated rings. The van der Waals surface area contributed by atoms with E-state index in [9.17, 15) is 23.2 Å². The van der Waals surface area contributed by atoms with Gasteiger partial charge in [-0.2, -0.15) is 18.4 Å². The number of halogens is 4. The van der Waals surface area contributed by atoms with Crippen LogP contribution in [0.2, 0.25) is 0 Å². The van der Waals surface area contributed by atoms with Crippen molar-refractivity contribution >= 4 is 16.6 Å². The molecule has 2 aromatic carbocycles. The fraction of sp³-hybridized carbons (Fsp3) is 0.333. The maximum absolute atomic E-state index is 15.6. The Kier molecular flexibility index (Phi) is 5.66. The number of ether oxygens (including phenoxy) is 1. The number of rotatable bonds is 3. The fourth-order valence-corrected chi connectivity index (χ4v) is 4.33. The van der Waals surface area contributed by atoms with Gasteiger partial charge in [-0.3, -0.25) is 4.79 Å². The van der Waals surface area contributed by atoms with Gasteiger partial charge in [-0.05, 0) is 23.8 Å². The molecule has 172 valence electrons. The molecule has 33 heavy (non-hydrogen) atoms. The van der Waals surface area contributed by atoms with Gasteiger partial charge in [0.25, 0.3) is 0 Å². The molecule has 0 radical (unpaired) electrons. The van der Waals surface area contributed by atoms with E-state index >= 15 is 4.39 Å². The van der Waals surface area contributed by atoms with Gasteiger partial charge < -0.3 is 14.6 Å². The van der Waals surface area contributed by atoms with Crippen LogP contribution >= 0.6 is 0 Å². The molecule has 0 aliphatic carbocycles. The average Bonchev–Trinajstić information content (AvgIpc) is 2.79. The number of benzene rings is 2. The normalized spacial score (nSPS) is 15.0. The lowest BCUT2D eigenvalue weighted by Crippen LogP contribution is -2.39. The number of nitriles is 1. The quantitative estimate of drug-likeness (QED) is 0.576. The molecule has 0 atom stereocenters. The highest BCUT2D eigenvalue weighted by Gasteiger charge is 2.35. The van der Waals surface area contributed by atoms with E-state index in [-0.39, 0.29) is 16.6 Å². The van der Waals surface area contributed by atoms with Crippen molar-refractivity contribution in [2.75, 3.05) is 31.2 Å². The van der Waals surface area contributed by atoms with E-state index in [1.807, 2.05) is 4.90 Å². The van der Waals surface area contributed by atoms with Gasteiger partial charge in [-0.25, -0.2) is 4.39 Å². The monoisotopic (exact) mass is 459 g/mol. The van der Waals surface area contributed by atoms with Crippen molar-refractivity contribution in [2.45, 2.75) is 25.4 Å². The standard InChI is InChI=1S/C24H21F4N3O2/c1-23(2,15-3-5-16(6-4-15)24(26,27)28)19-20-17(22(32)14(12-29)13-30-20)11-18(25)21(19)31-7-9-33-10-8-31/h3-6,11,13H,7-10H2,1-2H3,(H,30,32). The highest BCUT2D eigenvalue weighted by Crippen LogP contribution is 2.43. The molecule has 2 heterocycles. The molecule has 0 spiro atoms. The van der Waals surface area contributed by atoms with Crippen LogP contribution in [0.5, 0.6) is 0 Å². The number of pyridine rings is 1. The first-order valence-electron chi connectivity index (χ1n) is 10.3. The summed E-state index contributed by atoms with van der Waals surface area (Å²) in [5, 5.41) is 9.24. The van der Waals surface area contributed by atoms with Crippen molar-refractivity contribution in [3.63, 3.8) is 0 Å². The van der Waals surface area contributed by atoms with Crippen LogP contribution in [0.15, 0.2) is 41.3 Å². The van der Waals surface area contributed by atoms with E-state index in [1.165, 1.54) is 18.3 Å². The Hall–Kier alpha value is -3.38. The second kappa shape index (κ2) is 8.19. The Balaban J connectivity index is 2.01. The van der Waals surface area contributed by atoms with Crippen LogP contribution in [0.25, 0.3) is 10.9 Å². The maximum atomic E-state index is 15.6. The molecule has 0 amide bonds. The topological polar surface area (TPSA) is 69.1 Å². The summed E-state index contributed by atoms with van der Waals surface area (Å²) in [7, 11) is 0. The second-order valence-corrected chi connectivity index (χ2v) is 8.45. The summed E-state index contributed by atoms with van der Waals surface area (Å²) in [6.07, 6.45) is -3.20. The summed E-state index contributed by atoms with van der Waals surface area (Å²) in [4.78, 5) is 17.6. The van der Waals surface area contributed by atoms with Crippen LogP contribution in [-0.4, -0.2) is 31.3 Å². The first kappa shape index (κ1) is 22.8. The van der Waals surface area contributed by atoms with Crippen molar-refractivity contribution in [3.8, 4) is 6.07 Å². The van der Waals surface area contributed by atoms with Gasteiger partial charge in [0.05, 0.1) is 35.4 Å². The number of nitrogens with zero attached hydrogens (tertiary/aromatic N) is 2. The van der Waals surface area contributed by atoms with Gasteiger partial charge in [-0.15, -0.1) is 0 Å². The Morgan fingerprint density at radius 2 is 1.70 bits per heavy atom. The van der Waals surface area contributed by atoms with Crippen LogP contribution in [0.3, 0.4) is 0 Å². The minimum atomic E-state index is -4.48. The average molecular weight is 459 g/mol. The van der Waals surface area contributed by atoms with E-state index in [1.54, 1.807) is 19.9 Å². The predicted octanol–water partition coefficient (Wildman–Crippen LogP) is 4.72. The zero-order chi connectivity index (χ0) is 24.0. The Morgan fingerprint density at radius 3 is 2.27 bits per heavy atom. The number of aromatic amines is 1. The van der Waals surface area contributed by atoms with Gasteiger partial charge in [0, 0.05) is 30.3 Å². The lowest BCUT2D eigenvalue weighted by atomic mass is 9.75. The van der Waals surface area contributed by atoms with Crippen LogP contribution in [0.1, 0.15) is 36.1 Å². The summed E-state index contributed by atoms with van der Waals surface area (Å²) in [6.45, 7) is 5.15. The number of alkyl halides is 3. The number of nitrogens with one attached hydrogen (secondary N) is 1. The third-order valence-corrected chi connectivity index (χ3v) is 6.11. The molecule has 1 aliphatic rings. The van der Waals surface area contributed by atoms with Crippen LogP contribution < -0.4 is 10.3 Å². The third kappa shape index (κ3) is 3.95. The number of anilines is 1. The van der Waals surface area contributed by atoms with E-state index in [0.29, 0.717) is 42.9 Å². The number of H-pyrrole nitrogens is 1. The number of fused-ring (bicyclic) bond motifs is 1. The maximum Gasteiger partial charge on any atom is 0.416 e. The molecule has 1 aromatic heterocycles. The molecule has 0 unspecified atom stereocenters. The molecule has 1 saturated heterocycles. The van der Waals surface area contributed by atoms with Crippen LogP contribution in [0, 0.1) is 17.1 Å². The SMILES string of the molecule is CC(C)(c1ccc(C(F)(F)F)cc1)c1c(N2CCOCC2)c(F)cc2c(=O)c(C#N)c[nH]c12. The number of morpholine rings is 1. The van der Waals surface area contributed by atoms with E-state index in [4.69, 9.17) is 4.74 Å². The Bertz CT molecular complexity index is 1300. The Labute approximate surface area is 187 Å². The second-order valence-electron chi connectivity index (χ2n) is 8.45. The van der Waals surface area contributed by atoms with Crippen molar-refractivity contribution in [2.24, 2.45) is 0 Å². The molecular weight excluding hydrogens is 438 g/mol. The van der Waals surface area contributed by atoms with Crippen molar-refractivity contribution < 1.29 is 22.3 Å². The van der Waals surface area contributed by atoms with Crippen LogP contribution in [0.4, 0.5) is 23.2 Å². The zero-order valence-electron chi connectivity index (χ0n) is 18.0. The minimum absolute atomic E-state index is 0.0125. The number of hydrogen-bond acceptors (Lipinski definition) is 4. The van der Waals surface area contributed by atoms with E-state index < -0.39 is 28.4 Å². The smallest absolute Gasteiger partial charge is 0.378 e. The molecular formula is C24H21F4N3O2. The van der Waals surface area contributed by atoms with E-state index in [2.05, 4.69) is 4.98 Å². The third-order valence-electron chi connectivity index (χ3n) is 6.11. The largest absolute Gasteiger partial charge is 0.416 e. The predicted molar refractivity (Wildman–Crippen MR) is 116 cm³/mol. The highest BCUT2D eigenvalue weighted by molar-refractivity contribution is 5.90. The van der Waals surface area contributed by atoms with Crippen molar-refractivity contribution in [3.05, 3.63) is 74.8 Å². The lowest BCUT2D eigenvalue weighted by molar-refractivity contribution is -0.137.